The summed E-state index contributed by atoms with van der Waals surface area (Å²) in [5.74, 6) is 1.52. The molecule has 2 aromatic heterocycles. The Morgan fingerprint density at radius 1 is 1.27 bits per heavy atom. The molecule has 6 nitrogen and oxygen atoms in total. The number of hydrogen-bond donors (Lipinski definition) is 1. The number of rotatable bonds is 7. The van der Waals surface area contributed by atoms with Gasteiger partial charge in [0.1, 0.15) is 0 Å². The van der Waals surface area contributed by atoms with Crippen LogP contribution in [0.15, 0.2) is 41.1 Å². The number of methoxy groups -OCH3 is 1. The molecule has 0 aliphatic heterocycles. The molecule has 0 radical (unpaired) electrons. The van der Waals surface area contributed by atoms with E-state index < -0.39 is 0 Å². The highest BCUT2D eigenvalue weighted by molar-refractivity contribution is 7.15. The maximum absolute atomic E-state index is 12.5. The van der Waals surface area contributed by atoms with Crippen molar-refractivity contribution in [1.82, 2.24) is 10.3 Å². The van der Waals surface area contributed by atoms with Crippen LogP contribution in [0.3, 0.4) is 0 Å². The maximum Gasteiger partial charge on any atom is 0.274 e. The number of oxazole rings is 1. The van der Waals surface area contributed by atoms with Crippen molar-refractivity contribution in [3.8, 4) is 22.1 Å². The van der Waals surface area contributed by atoms with Gasteiger partial charge in [-0.1, -0.05) is 6.07 Å². The fourth-order valence-electron chi connectivity index (χ4n) is 2.50. The molecule has 1 N–H and O–H groups in total. The van der Waals surface area contributed by atoms with Crippen LogP contribution in [-0.2, 0) is 6.54 Å². The highest BCUT2D eigenvalue weighted by Crippen LogP contribution is 2.30. The summed E-state index contributed by atoms with van der Waals surface area (Å²) in [6.07, 6.45) is 1.29. The quantitative estimate of drug-likeness (QED) is 0.677. The number of ether oxygens (including phenoxy) is 2. The van der Waals surface area contributed by atoms with E-state index in [1.54, 1.807) is 18.4 Å². The molecular formula is C19H20N2O4S. The average Bonchev–Trinajstić information content (AvgIpc) is 3.29. The Morgan fingerprint density at radius 2 is 2.12 bits per heavy atom. The van der Waals surface area contributed by atoms with E-state index in [-0.39, 0.29) is 11.6 Å². The van der Waals surface area contributed by atoms with Crippen molar-refractivity contribution in [1.29, 1.82) is 0 Å². The standard InChI is InChI=1S/C19H20N2O4S/c1-4-24-15-9-13(6-7-14(15)23-3)10-20-19(22)17-18(25-11-21-17)16-8-5-12(2)26-16/h5-9,11H,4,10H2,1-3H3,(H,20,22). The van der Waals surface area contributed by atoms with Crippen LogP contribution in [0.25, 0.3) is 10.6 Å². The molecule has 0 fully saturated rings. The number of amides is 1. The summed E-state index contributed by atoms with van der Waals surface area (Å²) in [5, 5.41) is 2.87. The zero-order chi connectivity index (χ0) is 18.5. The zero-order valence-corrected chi connectivity index (χ0v) is 15.7. The number of aromatic nitrogens is 1. The minimum absolute atomic E-state index is 0.283. The van der Waals surface area contributed by atoms with Gasteiger partial charge >= 0.3 is 0 Å². The van der Waals surface area contributed by atoms with Gasteiger partial charge in [-0.25, -0.2) is 4.98 Å². The number of nitrogens with zero attached hydrogens (tertiary/aromatic N) is 1. The van der Waals surface area contributed by atoms with E-state index >= 15 is 0 Å². The van der Waals surface area contributed by atoms with E-state index in [0.717, 1.165) is 15.3 Å². The lowest BCUT2D eigenvalue weighted by atomic mass is 10.2. The molecule has 1 aromatic carbocycles. The van der Waals surface area contributed by atoms with Gasteiger partial charge in [0.05, 0.1) is 18.6 Å². The van der Waals surface area contributed by atoms with Gasteiger partial charge in [-0.2, -0.15) is 0 Å². The number of hydrogen-bond acceptors (Lipinski definition) is 6. The van der Waals surface area contributed by atoms with Crippen molar-refractivity contribution in [2.45, 2.75) is 20.4 Å². The first kappa shape index (κ1) is 18.0. The monoisotopic (exact) mass is 372 g/mol. The van der Waals surface area contributed by atoms with Crippen LogP contribution in [0.2, 0.25) is 0 Å². The molecule has 0 aliphatic carbocycles. The summed E-state index contributed by atoms with van der Waals surface area (Å²) < 4.78 is 16.3. The Labute approximate surface area is 155 Å². The van der Waals surface area contributed by atoms with Crippen molar-refractivity contribution in [3.05, 3.63) is 52.9 Å². The molecule has 0 unspecified atom stereocenters. The van der Waals surface area contributed by atoms with Gasteiger partial charge in [-0.05, 0) is 43.7 Å². The van der Waals surface area contributed by atoms with Crippen LogP contribution in [0.5, 0.6) is 11.5 Å². The van der Waals surface area contributed by atoms with Crippen molar-refractivity contribution < 1.29 is 18.7 Å². The summed E-state index contributed by atoms with van der Waals surface area (Å²) in [7, 11) is 1.59. The summed E-state index contributed by atoms with van der Waals surface area (Å²) in [6, 6.07) is 9.47. The van der Waals surface area contributed by atoms with Crippen LogP contribution in [0.1, 0.15) is 27.9 Å². The first-order valence-corrected chi connectivity index (χ1v) is 9.02. The molecule has 0 spiro atoms. The lowest BCUT2D eigenvalue weighted by Gasteiger charge is -2.11. The van der Waals surface area contributed by atoms with Crippen LogP contribution in [-0.4, -0.2) is 24.6 Å². The molecule has 0 saturated heterocycles. The van der Waals surface area contributed by atoms with E-state index in [4.69, 9.17) is 13.9 Å². The Kier molecular flexibility index (Phi) is 5.58. The Bertz CT molecular complexity index is 901. The van der Waals surface area contributed by atoms with Crippen molar-refractivity contribution in [3.63, 3.8) is 0 Å². The highest BCUT2D eigenvalue weighted by atomic mass is 32.1. The van der Waals surface area contributed by atoms with Crippen LogP contribution in [0.4, 0.5) is 0 Å². The fraction of sp³-hybridized carbons (Fsp3) is 0.263. The van der Waals surface area contributed by atoms with Gasteiger partial charge < -0.3 is 19.2 Å². The van der Waals surface area contributed by atoms with E-state index in [2.05, 4.69) is 10.3 Å². The molecule has 0 atom stereocenters. The van der Waals surface area contributed by atoms with Gasteiger partial charge in [0.2, 0.25) is 0 Å². The van der Waals surface area contributed by atoms with Crippen molar-refractivity contribution in [2.24, 2.45) is 0 Å². The van der Waals surface area contributed by atoms with E-state index in [1.807, 2.05) is 44.2 Å². The topological polar surface area (TPSA) is 73.6 Å². The predicted molar refractivity (Wildman–Crippen MR) is 99.9 cm³/mol. The molecule has 3 rings (SSSR count). The minimum Gasteiger partial charge on any atom is -0.493 e. The second-order valence-electron chi connectivity index (χ2n) is 5.54. The largest absolute Gasteiger partial charge is 0.493 e. The molecule has 2 heterocycles. The number of thiophene rings is 1. The van der Waals surface area contributed by atoms with Crippen molar-refractivity contribution >= 4 is 17.2 Å². The summed E-state index contributed by atoms with van der Waals surface area (Å²) in [4.78, 5) is 18.6. The molecule has 1 amide bonds. The fourth-order valence-corrected chi connectivity index (χ4v) is 3.36. The van der Waals surface area contributed by atoms with Crippen LogP contribution < -0.4 is 14.8 Å². The average molecular weight is 372 g/mol. The maximum atomic E-state index is 12.5. The molecular weight excluding hydrogens is 352 g/mol. The number of carbonyl (C=O) groups is 1. The Morgan fingerprint density at radius 3 is 2.81 bits per heavy atom. The van der Waals surface area contributed by atoms with Gasteiger partial charge in [-0.3, -0.25) is 4.79 Å². The lowest BCUT2D eigenvalue weighted by molar-refractivity contribution is 0.0946. The molecule has 0 bridgehead atoms. The first-order valence-electron chi connectivity index (χ1n) is 8.20. The minimum atomic E-state index is -0.284. The summed E-state index contributed by atoms with van der Waals surface area (Å²) >= 11 is 1.56. The first-order chi connectivity index (χ1) is 12.6. The molecule has 0 saturated carbocycles. The number of aryl methyl sites for hydroxylation is 1. The Hall–Kier alpha value is -2.80. The highest BCUT2D eigenvalue weighted by Gasteiger charge is 2.19. The van der Waals surface area contributed by atoms with Gasteiger partial charge in [0.15, 0.2) is 29.3 Å². The third-order valence-corrected chi connectivity index (χ3v) is 4.73. The molecule has 0 aliphatic rings. The Balaban J connectivity index is 1.72. The second-order valence-corrected chi connectivity index (χ2v) is 6.83. The zero-order valence-electron chi connectivity index (χ0n) is 14.9. The van der Waals surface area contributed by atoms with E-state index in [0.29, 0.717) is 30.4 Å². The summed E-state index contributed by atoms with van der Waals surface area (Å²) in [6.45, 7) is 4.80. The van der Waals surface area contributed by atoms with E-state index in [9.17, 15) is 4.79 Å². The smallest absolute Gasteiger partial charge is 0.274 e. The van der Waals surface area contributed by atoms with Gasteiger partial charge in [0.25, 0.3) is 5.91 Å². The van der Waals surface area contributed by atoms with Gasteiger partial charge in [-0.15, -0.1) is 11.3 Å². The van der Waals surface area contributed by atoms with Crippen molar-refractivity contribution in [2.75, 3.05) is 13.7 Å². The molecule has 3 aromatic rings. The number of carbonyl (C=O) groups excluding carboxylic acids is 1. The predicted octanol–water partition coefficient (Wildman–Crippen LogP) is 4.05. The third-order valence-electron chi connectivity index (χ3n) is 3.73. The number of benzene rings is 1. The summed E-state index contributed by atoms with van der Waals surface area (Å²) in [5.41, 5.74) is 1.19. The SMILES string of the molecule is CCOc1cc(CNC(=O)c2ncoc2-c2ccc(C)s2)ccc1OC. The van der Waals surface area contributed by atoms with Crippen LogP contribution >= 0.6 is 11.3 Å². The second kappa shape index (κ2) is 8.05. The normalized spacial score (nSPS) is 10.6. The number of nitrogens with one attached hydrogen (secondary N) is 1. The molecule has 7 heteroatoms. The lowest BCUT2D eigenvalue weighted by Crippen LogP contribution is -2.23. The molecule has 26 heavy (non-hydrogen) atoms. The third kappa shape index (κ3) is 3.88. The van der Waals surface area contributed by atoms with E-state index in [1.165, 1.54) is 6.39 Å². The molecule has 136 valence electrons. The van der Waals surface area contributed by atoms with Crippen LogP contribution in [0, 0.1) is 6.92 Å². The van der Waals surface area contributed by atoms with Gasteiger partial charge in [0, 0.05) is 11.4 Å².